The number of carbonyl (C=O) groups excluding carboxylic acids is 2. The number of rotatable bonds is 5. The van der Waals surface area contributed by atoms with Crippen LogP contribution in [-0.4, -0.2) is 33.3 Å². The molecular formula is C25H28O4Si. The second-order valence-corrected chi connectivity index (χ2v) is 13.5. The van der Waals surface area contributed by atoms with E-state index in [9.17, 15) is 9.59 Å². The normalized spacial score (nSPS) is 21.7. The van der Waals surface area contributed by atoms with Gasteiger partial charge in [0.25, 0.3) is 8.32 Å². The summed E-state index contributed by atoms with van der Waals surface area (Å²) in [5.41, 5.74) is 1.09. The van der Waals surface area contributed by atoms with Crippen LogP contribution in [0.25, 0.3) is 0 Å². The summed E-state index contributed by atoms with van der Waals surface area (Å²) in [4.78, 5) is 25.1. The number of esters is 1. The fourth-order valence-corrected chi connectivity index (χ4v) is 9.57. The average Bonchev–Trinajstić information content (AvgIpc) is 3.22. The van der Waals surface area contributed by atoms with Gasteiger partial charge in [-0.1, -0.05) is 81.4 Å². The highest BCUT2D eigenvalue weighted by Crippen LogP contribution is 2.42. The predicted molar refractivity (Wildman–Crippen MR) is 119 cm³/mol. The van der Waals surface area contributed by atoms with Gasteiger partial charge in [-0.2, -0.15) is 0 Å². The van der Waals surface area contributed by atoms with Crippen molar-refractivity contribution in [3.05, 3.63) is 71.8 Å². The van der Waals surface area contributed by atoms with Crippen LogP contribution in [0.1, 0.15) is 27.7 Å². The monoisotopic (exact) mass is 420 g/mol. The Kier molecular flexibility index (Phi) is 5.28. The summed E-state index contributed by atoms with van der Waals surface area (Å²) in [5, 5.41) is 2.19. The molecule has 0 N–H and O–H groups in total. The summed E-state index contributed by atoms with van der Waals surface area (Å²) in [5.74, 6) is -0.889. The summed E-state index contributed by atoms with van der Waals surface area (Å²) in [7, 11) is -2.73. The minimum Gasteiger partial charge on any atom is -0.462 e. The summed E-state index contributed by atoms with van der Waals surface area (Å²) >= 11 is 0. The molecule has 1 fully saturated rings. The lowest BCUT2D eigenvalue weighted by Gasteiger charge is -2.43. The van der Waals surface area contributed by atoms with Gasteiger partial charge in [-0.15, -0.1) is 0 Å². The van der Waals surface area contributed by atoms with E-state index in [0.717, 1.165) is 0 Å². The molecule has 0 radical (unpaired) electrons. The van der Waals surface area contributed by atoms with Gasteiger partial charge in [0.1, 0.15) is 0 Å². The van der Waals surface area contributed by atoms with Crippen LogP contribution in [0.15, 0.2) is 71.8 Å². The van der Waals surface area contributed by atoms with Crippen LogP contribution < -0.4 is 10.4 Å². The second-order valence-electron chi connectivity index (χ2n) is 9.19. The number of allylic oxidation sites excluding steroid dienone is 1. The zero-order valence-corrected chi connectivity index (χ0v) is 19.0. The molecule has 2 atom stereocenters. The first-order chi connectivity index (χ1) is 14.3. The maximum absolute atomic E-state index is 13.0. The molecule has 4 nitrogen and oxygen atoms in total. The number of fused-ring (bicyclic) bond motifs is 1. The largest absolute Gasteiger partial charge is 0.462 e. The van der Waals surface area contributed by atoms with Crippen molar-refractivity contribution >= 4 is 30.4 Å². The molecule has 1 aliphatic carbocycles. The molecule has 0 aromatic heterocycles. The molecule has 0 saturated carbocycles. The number of hydrogen-bond acceptors (Lipinski definition) is 4. The molecule has 1 heterocycles. The summed E-state index contributed by atoms with van der Waals surface area (Å²) in [6.07, 6.45) is 0. The number of Topliss-reactive ketones (excluding diaryl/α,β-unsaturated/α-hetero) is 1. The highest BCUT2D eigenvalue weighted by atomic mass is 28.4. The van der Waals surface area contributed by atoms with E-state index in [1.807, 2.05) is 36.4 Å². The van der Waals surface area contributed by atoms with Crippen molar-refractivity contribution in [2.45, 2.75) is 32.7 Å². The van der Waals surface area contributed by atoms with E-state index < -0.39 is 8.32 Å². The Balaban J connectivity index is 1.75. The first-order valence-electron chi connectivity index (χ1n) is 10.4. The Labute approximate surface area is 179 Å². The minimum atomic E-state index is -2.73. The molecular weight excluding hydrogens is 392 g/mol. The van der Waals surface area contributed by atoms with Crippen molar-refractivity contribution in [2.75, 3.05) is 13.2 Å². The van der Waals surface area contributed by atoms with E-state index in [4.69, 9.17) is 9.16 Å². The van der Waals surface area contributed by atoms with E-state index in [2.05, 4.69) is 45.0 Å². The van der Waals surface area contributed by atoms with Gasteiger partial charge in [0.05, 0.1) is 18.1 Å². The topological polar surface area (TPSA) is 52.6 Å². The molecule has 0 bridgehead atoms. The van der Waals surface area contributed by atoms with Crippen molar-refractivity contribution in [1.29, 1.82) is 0 Å². The van der Waals surface area contributed by atoms with Crippen LogP contribution in [0.5, 0.6) is 0 Å². The Hall–Kier alpha value is -2.50. The van der Waals surface area contributed by atoms with E-state index in [1.165, 1.54) is 10.4 Å². The quantitative estimate of drug-likeness (QED) is 0.550. The summed E-state index contributed by atoms with van der Waals surface area (Å²) < 4.78 is 12.2. The zero-order chi connectivity index (χ0) is 21.5. The SMILES string of the molecule is CC1=C2C(=O)OCC2C(CO[Si](c2ccccc2)(c2ccccc2)C(C)(C)C)C1=O. The Morgan fingerprint density at radius 1 is 0.967 bits per heavy atom. The molecule has 0 spiro atoms. The van der Waals surface area contributed by atoms with Crippen LogP contribution in [0.2, 0.25) is 5.04 Å². The molecule has 2 aliphatic rings. The summed E-state index contributed by atoms with van der Waals surface area (Å²) in [6.45, 7) is 8.94. The smallest absolute Gasteiger partial charge is 0.334 e. The molecule has 156 valence electrons. The molecule has 5 heteroatoms. The number of benzene rings is 2. The average molecular weight is 421 g/mol. The van der Waals surface area contributed by atoms with E-state index >= 15 is 0 Å². The molecule has 1 saturated heterocycles. The lowest BCUT2D eigenvalue weighted by atomic mass is 9.94. The van der Waals surface area contributed by atoms with Gasteiger partial charge in [0, 0.05) is 18.1 Å². The van der Waals surface area contributed by atoms with Crippen molar-refractivity contribution in [3.63, 3.8) is 0 Å². The van der Waals surface area contributed by atoms with Crippen molar-refractivity contribution in [3.8, 4) is 0 Å². The Morgan fingerprint density at radius 3 is 2.00 bits per heavy atom. The van der Waals surface area contributed by atoms with Crippen LogP contribution in [0.4, 0.5) is 0 Å². The molecule has 2 unspecified atom stereocenters. The van der Waals surface area contributed by atoms with Crippen molar-refractivity contribution in [2.24, 2.45) is 11.8 Å². The third-order valence-electron chi connectivity index (χ3n) is 6.48. The fraction of sp³-hybridized carbons (Fsp3) is 0.360. The maximum Gasteiger partial charge on any atom is 0.334 e. The molecule has 1 aliphatic heterocycles. The molecule has 0 amide bonds. The van der Waals surface area contributed by atoms with E-state index in [0.29, 0.717) is 11.1 Å². The van der Waals surface area contributed by atoms with Crippen LogP contribution in [0, 0.1) is 11.8 Å². The van der Waals surface area contributed by atoms with Gasteiger partial charge in [-0.3, -0.25) is 4.79 Å². The van der Waals surface area contributed by atoms with Gasteiger partial charge >= 0.3 is 5.97 Å². The van der Waals surface area contributed by atoms with Crippen LogP contribution in [0.3, 0.4) is 0 Å². The minimum absolute atomic E-state index is 0.0181. The number of cyclic esters (lactones) is 1. The van der Waals surface area contributed by atoms with Crippen LogP contribution in [-0.2, 0) is 18.8 Å². The highest BCUT2D eigenvalue weighted by molar-refractivity contribution is 6.99. The van der Waals surface area contributed by atoms with Gasteiger partial charge in [0.15, 0.2) is 5.78 Å². The fourth-order valence-electron chi connectivity index (χ4n) is 4.99. The highest BCUT2D eigenvalue weighted by Gasteiger charge is 2.53. The zero-order valence-electron chi connectivity index (χ0n) is 18.0. The van der Waals surface area contributed by atoms with Crippen molar-refractivity contribution in [1.82, 2.24) is 0 Å². The molecule has 30 heavy (non-hydrogen) atoms. The van der Waals surface area contributed by atoms with Gasteiger partial charge in [0.2, 0.25) is 0 Å². The van der Waals surface area contributed by atoms with E-state index in [1.54, 1.807) is 6.92 Å². The lowest BCUT2D eigenvalue weighted by molar-refractivity contribution is -0.136. The number of ether oxygens (including phenoxy) is 1. The first kappa shape index (κ1) is 20.8. The number of carbonyl (C=O) groups is 2. The lowest BCUT2D eigenvalue weighted by Crippen LogP contribution is -2.67. The second kappa shape index (κ2) is 7.64. The van der Waals surface area contributed by atoms with Crippen LogP contribution >= 0.6 is 0 Å². The molecule has 4 rings (SSSR count). The van der Waals surface area contributed by atoms with E-state index in [-0.39, 0.29) is 41.8 Å². The third kappa shape index (κ3) is 3.17. The maximum atomic E-state index is 13.0. The Bertz CT molecular complexity index is 949. The summed E-state index contributed by atoms with van der Waals surface area (Å²) in [6, 6.07) is 20.8. The first-order valence-corrected chi connectivity index (χ1v) is 12.4. The standard InChI is InChI=1S/C25H28O4Si/c1-17-22-20(15-28-24(22)27)21(23(17)26)16-29-30(25(2,3)4,18-11-7-5-8-12-18)19-13-9-6-10-14-19/h5-14,20-21H,15-16H2,1-4H3. The molecule has 2 aromatic carbocycles. The van der Waals surface area contributed by atoms with Gasteiger partial charge in [-0.05, 0) is 22.3 Å². The number of ketones is 1. The predicted octanol–water partition coefficient (Wildman–Crippen LogP) is 3.25. The molecule has 2 aromatic rings. The van der Waals surface area contributed by atoms with Crippen molar-refractivity contribution < 1.29 is 18.8 Å². The van der Waals surface area contributed by atoms with Gasteiger partial charge < -0.3 is 9.16 Å². The van der Waals surface area contributed by atoms with Gasteiger partial charge in [-0.25, -0.2) is 4.79 Å². The Morgan fingerprint density at radius 2 is 1.50 bits per heavy atom. The number of hydrogen-bond donors (Lipinski definition) is 0. The third-order valence-corrected chi connectivity index (χ3v) is 11.5.